The molecule has 0 spiro atoms. The Kier molecular flexibility index (Phi) is 10.3. The second-order valence-electron chi connectivity index (χ2n) is 22.0. The van der Waals surface area contributed by atoms with Crippen LogP contribution >= 0.6 is 0 Å². The number of fused-ring (bicyclic) bond motifs is 32. The molecule has 0 unspecified atom stereocenters. The number of aryl methyl sites for hydroxylation is 4. The molecule has 10 nitrogen and oxygen atoms in total. The van der Waals surface area contributed by atoms with Crippen molar-refractivity contribution < 1.29 is 8.80 Å². The number of rotatable bonds is 2. The summed E-state index contributed by atoms with van der Waals surface area (Å²) >= 11 is 0. The summed E-state index contributed by atoms with van der Waals surface area (Å²) < 4.78 is 13.3. The Balaban J connectivity index is 1.16. The van der Waals surface area contributed by atoms with Crippen LogP contribution in [-0.4, -0.2) is 37.9 Å². The molecule has 84 heavy (non-hydrogen) atoms. The number of hydrogen-bond acceptors (Lipinski definition) is 4. The average Bonchev–Trinajstić information content (AvgIpc) is 3.89. The van der Waals surface area contributed by atoms with Gasteiger partial charge in [-0.05, 0) is 74.2 Å². The van der Waals surface area contributed by atoms with Crippen LogP contribution in [0.1, 0.15) is 22.3 Å². The summed E-state index contributed by atoms with van der Waals surface area (Å²) in [7, 11) is 0. The molecule has 0 radical (unpaired) electrons. The molecule has 0 fully saturated rings. The molecule has 0 aliphatic rings. The topological polar surface area (TPSA) is 78.4 Å². The van der Waals surface area contributed by atoms with Crippen LogP contribution in [0.25, 0.3) is 143 Å². The number of nitrogens with zero attached hydrogens (tertiary/aromatic N) is 10. The van der Waals surface area contributed by atoms with Crippen LogP contribution in [0.2, 0.25) is 0 Å². The van der Waals surface area contributed by atoms with E-state index < -0.39 is 0 Å². The van der Waals surface area contributed by atoms with Gasteiger partial charge in [-0.2, -0.15) is 0 Å². The Morgan fingerprint density at radius 1 is 0.274 bits per heavy atom. The molecule has 10 heteroatoms. The molecule has 17 rings (SSSR count). The van der Waals surface area contributed by atoms with Gasteiger partial charge in [0.2, 0.25) is 11.9 Å². The number of para-hydroxylation sites is 12. The van der Waals surface area contributed by atoms with Crippen molar-refractivity contribution in [1.29, 1.82) is 0 Å². The largest absolute Gasteiger partial charge is 0.295 e. The fraction of sp³-hybridized carbons (Fsp3) is 0.0541. The highest BCUT2D eigenvalue weighted by Crippen LogP contribution is 2.38. The van der Waals surface area contributed by atoms with Gasteiger partial charge in [0.05, 0.1) is 88.3 Å². The number of imidazole rings is 2. The predicted molar refractivity (Wildman–Crippen MR) is 340 cm³/mol. The van der Waals surface area contributed by atoms with Gasteiger partial charge in [-0.15, -0.1) is 0 Å². The van der Waals surface area contributed by atoms with Gasteiger partial charge in [0.1, 0.15) is 0 Å². The monoisotopic (exact) mass is 1080 g/mol. The molecule has 0 aliphatic heterocycles. The molecule has 0 N–H and O–H groups in total. The van der Waals surface area contributed by atoms with Crippen molar-refractivity contribution in [2.45, 2.75) is 27.7 Å². The molecular weight excluding hydrogens is 1030 g/mol. The van der Waals surface area contributed by atoms with Crippen LogP contribution in [0.15, 0.2) is 231 Å². The first-order valence-electron chi connectivity index (χ1n) is 28.4. The van der Waals surface area contributed by atoms with Crippen molar-refractivity contribution in [2.24, 2.45) is 0 Å². The van der Waals surface area contributed by atoms with Gasteiger partial charge in [0.15, 0.2) is 0 Å². The Morgan fingerprint density at radius 2 is 0.548 bits per heavy atom. The van der Waals surface area contributed by atoms with E-state index in [4.69, 9.17) is 19.9 Å². The van der Waals surface area contributed by atoms with Crippen LogP contribution in [0, 0.1) is 40.3 Å². The first-order chi connectivity index (χ1) is 41.3. The van der Waals surface area contributed by atoms with Gasteiger partial charge in [-0.25, -0.2) is 19.9 Å². The number of aromatic nitrogens is 10. The van der Waals surface area contributed by atoms with E-state index in [0.717, 1.165) is 154 Å². The normalized spacial score (nSPS) is 12.0. The molecule has 396 valence electrons. The van der Waals surface area contributed by atoms with Crippen molar-refractivity contribution in [3.05, 3.63) is 265 Å². The second-order valence-corrected chi connectivity index (χ2v) is 22.0. The standard InChI is InChI=1S/C74H50N10/c1-45-21-17-29-51-52-30-18-22-46(2)70(52)83(69(45)51)73-75-57-41-59(77-73)55-27-7-9-33-61(55)79-43-81(65-37-13-11-35-63(65)79)67-39-15-16-40-68(67)82-44-80(64-36-12-14-38-66(64)82)62-34-10-8-28-56(62)60-42-58(50-26-6-5-25-49(50)57)76-74(78-60)84-71-47(3)23-19-31-53(71)54-32-20-24-48(4)72(54)84/h5-42H,1-4H3. The summed E-state index contributed by atoms with van der Waals surface area (Å²) in [6.45, 7) is 8.72. The zero-order valence-electron chi connectivity index (χ0n) is 46.4. The summed E-state index contributed by atoms with van der Waals surface area (Å²) in [6.07, 6.45) is 7.80. The lowest BCUT2D eigenvalue weighted by atomic mass is 10.1. The molecule has 10 aromatic carbocycles. The van der Waals surface area contributed by atoms with Gasteiger partial charge >= 0.3 is 0 Å². The highest BCUT2D eigenvalue weighted by atomic mass is 15.2. The van der Waals surface area contributed by atoms with Crippen LogP contribution in [0.4, 0.5) is 0 Å². The maximum atomic E-state index is 5.75. The fourth-order valence-electron chi connectivity index (χ4n) is 13.3. The first-order valence-corrected chi connectivity index (χ1v) is 28.4. The SMILES string of the molecule is Cc1cccc2c3cccc(C)c3n(-c3nc4cc(n3)c3ccccc3[n+]3[c-]n(c5ccccc5n5[c-][n+](c6ccccc6c6cc(nc(-n7c8c(C)cccc8c8cccc(C)c87)n6)c6ccccc46)c4ccccc45)c4ccccc43)c12. The minimum absolute atomic E-state index is 0.558. The van der Waals surface area contributed by atoms with E-state index in [1.165, 1.54) is 0 Å². The van der Waals surface area contributed by atoms with E-state index in [-0.39, 0.29) is 0 Å². The van der Waals surface area contributed by atoms with Gasteiger partial charge in [0.25, 0.3) is 12.7 Å². The maximum absolute atomic E-state index is 5.75. The third-order valence-electron chi connectivity index (χ3n) is 17.1. The van der Waals surface area contributed by atoms with Crippen LogP contribution in [0.3, 0.4) is 0 Å². The van der Waals surface area contributed by atoms with E-state index >= 15 is 0 Å². The van der Waals surface area contributed by atoms with E-state index in [9.17, 15) is 0 Å². The third-order valence-corrected chi connectivity index (χ3v) is 17.1. The Morgan fingerprint density at radius 3 is 0.905 bits per heavy atom. The molecule has 0 amide bonds. The minimum atomic E-state index is 0.558. The van der Waals surface area contributed by atoms with E-state index in [1.54, 1.807) is 0 Å². The van der Waals surface area contributed by atoms with Crippen molar-refractivity contribution in [3.8, 4) is 11.9 Å². The van der Waals surface area contributed by atoms with E-state index in [0.29, 0.717) is 11.9 Å². The zero-order chi connectivity index (χ0) is 55.9. The number of hydrogen-bond donors (Lipinski definition) is 0. The molecule has 7 heterocycles. The molecule has 17 aromatic rings. The van der Waals surface area contributed by atoms with Gasteiger partial charge in [-0.1, -0.05) is 206 Å². The van der Waals surface area contributed by atoms with Gasteiger partial charge < -0.3 is 0 Å². The van der Waals surface area contributed by atoms with Crippen molar-refractivity contribution in [2.75, 3.05) is 0 Å². The van der Waals surface area contributed by atoms with Gasteiger partial charge in [0, 0.05) is 43.1 Å². The highest BCUT2D eigenvalue weighted by Gasteiger charge is 2.22. The molecular formula is C74H50N10. The lowest BCUT2D eigenvalue weighted by molar-refractivity contribution is -0.485. The quantitative estimate of drug-likeness (QED) is 0.128. The molecule has 0 saturated carbocycles. The van der Waals surface area contributed by atoms with Gasteiger partial charge in [-0.3, -0.25) is 26.7 Å². The van der Waals surface area contributed by atoms with Crippen molar-refractivity contribution in [3.63, 3.8) is 0 Å². The Bertz CT molecular complexity index is 5460. The molecule has 8 bridgehead atoms. The minimum Gasteiger partial charge on any atom is -0.295 e. The highest BCUT2D eigenvalue weighted by molar-refractivity contribution is 6.13. The lowest BCUT2D eigenvalue weighted by Gasteiger charge is -2.12. The maximum Gasteiger partial charge on any atom is 0.269 e. The smallest absolute Gasteiger partial charge is 0.269 e. The van der Waals surface area contributed by atoms with Crippen LogP contribution in [0.5, 0.6) is 0 Å². The van der Waals surface area contributed by atoms with Crippen LogP contribution in [-0.2, 0) is 0 Å². The third kappa shape index (κ3) is 6.97. The van der Waals surface area contributed by atoms with E-state index in [1.807, 2.05) is 0 Å². The number of benzene rings is 10. The molecule has 7 aromatic heterocycles. The first kappa shape index (κ1) is 47.7. The predicted octanol–water partition coefficient (Wildman–Crippen LogP) is 16.0. The lowest BCUT2D eigenvalue weighted by Crippen LogP contribution is -2.19. The Labute approximate surface area is 480 Å². The van der Waals surface area contributed by atoms with Crippen molar-refractivity contribution in [1.82, 2.24) is 37.9 Å². The molecule has 0 saturated heterocycles. The summed E-state index contributed by atoms with van der Waals surface area (Å²) in [5, 5.41) is 8.18. The summed E-state index contributed by atoms with van der Waals surface area (Å²) in [5.41, 5.74) is 19.3. The molecule has 0 atom stereocenters. The summed E-state index contributed by atoms with van der Waals surface area (Å²) in [5.74, 6) is 1.12. The zero-order valence-corrected chi connectivity index (χ0v) is 46.4. The molecule has 0 aliphatic carbocycles. The van der Waals surface area contributed by atoms with Crippen molar-refractivity contribution >= 4 is 131 Å². The van der Waals surface area contributed by atoms with Crippen LogP contribution < -0.4 is 8.80 Å². The Hall–Kier alpha value is -11.1. The second kappa shape index (κ2) is 18.2. The average molecular weight is 1080 g/mol. The summed E-state index contributed by atoms with van der Waals surface area (Å²) in [6, 6.07) is 81.6. The summed E-state index contributed by atoms with van der Waals surface area (Å²) in [4.78, 5) is 23.0. The van der Waals surface area contributed by atoms with E-state index in [2.05, 4.69) is 298 Å². The fourth-order valence-corrected chi connectivity index (χ4v) is 13.3.